The summed E-state index contributed by atoms with van der Waals surface area (Å²) in [5.41, 5.74) is 2.46. The topological polar surface area (TPSA) is 88.2 Å². The number of benzene rings is 2. The van der Waals surface area contributed by atoms with Gasteiger partial charge in [0.15, 0.2) is 0 Å². The number of aromatic hydroxyl groups is 1. The van der Waals surface area contributed by atoms with Crippen molar-refractivity contribution in [2.45, 2.75) is 12.1 Å². The summed E-state index contributed by atoms with van der Waals surface area (Å²) < 4.78 is 5.49. The minimum Gasteiger partial charge on any atom is -0.508 e. The van der Waals surface area contributed by atoms with Gasteiger partial charge in [-0.2, -0.15) is 0 Å². The number of nitrogens with one attached hydrogen (secondary N) is 1. The van der Waals surface area contributed by atoms with Crippen LogP contribution in [0, 0.1) is 6.92 Å². The maximum absolute atomic E-state index is 12.0. The molecule has 0 atom stereocenters. The molecule has 3 rings (SSSR count). The first-order valence-corrected chi connectivity index (χ1v) is 8.21. The van der Waals surface area contributed by atoms with Crippen molar-refractivity contribution in [1.29, 1.82) is 0 Å². The van der Waals surface area contributed by atoms with Crippen LogP contribution in [-0.4, -0.2) is 27.0 Å². The Morgan fingerprint density at radius 3 is 2.83 bits per heavy atom. The first-order chi connectivity index (χ1) is 11.6. The second-order valence-electron chi connectivity index (χ2n) is 5.13. The van der Waals surface area contributed by atoms with E-state index in [0.717, 1.165) is 23.0 Å². The van der Waals surface area contributed by atoms with Gasteiger partial charge in [0, 0.05) is 11.3 Å². The third-order valence-electron chi connectivity index (χ3n) is 3.13. The minimum absolute atomic E-state index is 0.123. The number of anilines is 1. The Kier molecular flexibility index (Phi) is 4.81. The van der Waals surface area contributed by atoms with Crippen LogP contribution in [0.5, 0.6) is 5.75 Å². The molecule has 1 amide bonds. The number of nitrogens with zero attached hydrogens (tertiary/aromatic N) is 2. The zero-order chi connectivity index (χ0) is 16.9. The highest BCUT2D eigenvalue weighted by Gasteiger charge is 2.11. The van der Waals surface area contributed by atoms with Gasteiger partial charge in [0.05, 0.1) is 5.75 Å². The Bertz CT molecular complexity index is 864. The largest absolute Gasteiger partial charge is 0.508 e. The predicted molar refractivity (Wildman–Crippen MR) is 91.9 cm³/mol. The van der Waals surface area contributed by atoms with Gasteiger partial charge in [-0.05, 0) is 42.8 Å². The van der Waals surface area contributed by atoms with Gasteiger partial charge in [-0.3, -0.25) is 4.79 Å². The number of aromatic nitrogens is 2. The Balaban J connectivity index is 1.58. The average molecular weight is 341 g/mol. The molecule has 0 fully saturated rings. The van der Waals surface area contributed by atoms with E-state index >= 15 is 0 Å². The number of rotatable bonds is 5. The molecule has 1 aromatic heterocycles. The third-order valence-corrected chi connectivity index (χ3v) is 3.95. The molecule has 0 spiro atoms. The number of carbonyl (C=O) groups excluding carboxylic acids is 1. The summed E-state index contributed by atoms with van der Waals surface area (Å²) in [7, 11) is 0. The van der Waals surface area contributed by atoms with Crippen LogP contribution in [0.15, 0.2) is 58.2 Å². The van der Waals surface area contributed by atoms with Crippen molar-refractivity contribution in [2.75, 3.05) is 11.1 Å². The molecular formula is C17H15N3O3S. The van der Waals surface area contributed by atoms with Crippen molar-refractivity contribution in [3.8, 4) is 17.2 Å². The van der Waals surface area contributed by atoms with Crippen molar-refractivity contribution < 1.29 is 14.3 Å². The van der Waals surface area contributed by atoms with Crippen molar-refractivity contribution >= 4 is 23.4 Å². The molecule has 6 nitrogen and oxygen atoms in total. The second kappa shape index (κ2) is 7.18. The maximum atomic E-state index is 12.0. The molecule has 2 aromatic carbocycles. The average Bonchev–Trinajstić information content (AvgIpc) is 3.02. The van der Waals surface area contributed by atoms with Crippen LogP contribution < -0.4 is 5.32 Å². The molecular weight excluding hydrogens is 326 g/mol. The number of aryl methyl sites for hydroxylation is 1. The molecule has 0 saturated carbocycles. The van der Waals surface area contributed by atoms with E-state index in [2.05, 4.69) is 15.5 Å². The molecule has 0 radical (unpaired) electrons. The monoisotopic (exact) mass is 341 g/mol. The van der Waals surface area contributed by atoms with Crippen LogP contribution in [0.4, 0.5) is 5.69 Å². The molecule has 0 saturated heterocycles. The highest BCUT2D eigenvalue weighted by Crippen LogP contribution is 2.25. The highest BCUT2D eigenvalue weighted by atomic mass is 32.2. The normalized spacial score (nSPS) is 10.5. The quantitative estimate of drug-likeness (QED) is 0.691. The van der Waals surface area contributed by atoms with E-state index in [1.54, 1.807) is 18.2 Å². The van der Waals surface area contributed by atoms with Crippen LogP contribution >= 0.6 is 11.8 Å². The van der Waals surface area contributed by atoms with E-state index in [1.165, 1.54) is 6.07 Å². The highest BCUT2D eigenvalue weighted by molar-refractivity contribution is 7.99. The van der Waals surface area contributed by atoms with Gasteiger partial charge in [-0.1, -0.05) is 30.0 Å². The van der Waals surface area contributed by atoms with Gasteiger partial charge in [-0.15, -0.1) is 10.2 Å². The number of hydrogen-bond donors (Lipinski definition) is 2. The summed E-state index contributed by atoms with van der Waals surface area (Å²) in [4.78, 5) is 12.0. The molecule has 0 aliphatic heterocycles. The summed E-state index contributed by atoms with van der Waals surface area (Å²) in [6.07, 6.45) is 0. The third kappa shape index (κ3) is 4.14. The lowest BCUT2D eigenvalue weighted by Crippen LogP contribution is -2.13. The number of amides is 1. The summed E-state index contributed by atoms with van der Waals surface area (Å²) in [5.74, 6) is 0.433. The Labute approximate surface area is 142 Å². The fourth-order valence-electron chi connectivity index (χ4n) is 2.07. The number of phenolic OH excluding ortho intramolecular Hbond substituents is 1. The van der Waals surface area contributed by atoms with Gasteiger partial charge < -0.3 is 14.8 Å². The lowest BCUT2D eigenvalue weighted by atomic mass is 10.2. The van der Waals surface area contributed by atoms with E-state index in [-0.39, 0.29) is 17.4 Å². The van der Waals surface area contributed by atoms with Crippen molar-refractivity contribution in [3.63, 3.8) is 0 Å². The lowest BCUT2D eigenvalue weighted by molar-refractivity contribution is -0.113. The van der Waals surface area contributed by atoms with E-state index < -0.39 is 0 Å². The minimum atomic E-state index is -0.150. The molecule has 24 heavy (non-hydrogen) atoms. The summed E-state index contributed by atoms with van der Waals surface area (Å²) in [5, 5.41) is 20.4. The molecule has 0 bridgehead atoms. The lowest BCUT2D eigenvalue weighted by Gasteiger charge is -2.04. The van der Waals surface area contributed by atoms with Crippen LogP contribution in [-0.2, 0) is 4.79 Å². The fraction of sp³-hybridized carbons (Fsp3) is 0.118. The zero-order valence-corrected chi connectivity index (χ0v) is 13.7. The molecule has 122 valence electrons. The van der Waals surface area contributed by atoms with E-state index in [9.17, 15) is 9.90 Å². The van der Waals surface area contributed by atoms with Gasteiger partial charge in [-0.25, -0.2) is 0 Å². The number of carbonyl (C=O) groups is 1. The van der Waals surface area contributed by atoms with Gasteiger partial charge in [0.2, 0.25) is 11.8 Å². The standard InChI is InChI=1S/C17H15N3O3S/c1-11-4-2-6-13(8-11)18-15(22)10-24-17-20-19-16(23-17)12-5-3-7-14(21)9-12/h2-9,21H,10H2,1H3,(H,18,22). The Morgan fingerprint density at radius 2 is 2.04 bits per heavy atom. The van der Waals surface area contributed by atoms with E-state index in [4.69, 9.17) is 4.42 Å². The van der Waals surface area contributed by atoms with Crippen LogP contribution in [0.2, 0.25) is 0 Å². The zero-order valence-electron chi connectivity index (χ0n) is 12.9. The Morgan fingerprint density at radius 1 is 1.21 bits per heavy atom. The van der Waals surface area contributed by atoms with Crippen LogP contribution in [0.3, 0.4) is 0 Å². The van der Waals surface area contributed by atoms with Crippen LogP contribution in [0.25, 0.3) is 11.5 Å². The second-order valence-corrected chi connectivity index (χ2v) is 6.06. The van der Waals surface area contributed by atoms with Gasteiger partial charge >= 0.3 is 0 Å². The van der Waals surface area contributed by atoms with Crippen molar-refractivity contribution in [3.05, 3.63) is 54.1 Å². The summed E-state index contributed by atoms with van der Waals surface area (Å²) in [6.45, 7) is 1.96. The molecule has 7 heteroatoms. The first kappa shape index (κ1) is 16.1. The number of hydrogen-bond acceptors (Lipinski definition) is 6. The first-order valence-electron chi connectivity index (χ1n) is 7.22. The van der Waals surface area contributed by atoms with Crippen LogP contribution in [0.1, 0.15) is 5.56 Å². The van der Waals surface area contributed by atoms with Gasteiger partial charge in [0.1, 0.15) is 5.75 Å². The molecule has 0 aliphatic carbocycles. The Hall–Kier alpha value is -2.80. The SMILES string of the molecule is Cc1cccc(NC(=O)CSc2nnc(-c3cccc(O)c3)o2)c1. The smallest absolute Gasteiger partial charge is 0.277 e. The fourth-order valence-corrected chi connectivity index (χ4v) is 2.63. The maximum Gasteiger partial charge on any atom is 0.277 e. The molecule has 0 aliphatic rings. The van der Waals surface area contributed by atoms with Crippen molar-refractivity contribution in [1.82, 2.24) is 10.2 Å². The van der Waals surface area contributed by atoms with Crippen molar-refractivity contribution in [2.24, 2.45) is 0 Å². The number of thioether (sulfide) groups is 1. The summed E-state index contributed by atoms with van der Waals surface area (Å²) >= 11 is 1.16. The number of phenols is 1. The molecule has 0 unspecified atom stereocenters. The van der Waals surface area contributed by atoms with E-state index in [0.29, 0.717) is 16.7 Å². The van der Waals surface area contributed by atoms with E-state index in [1.807, 2.05) is 31.2 Å². The van der Waals surface area contributed by atoms with Gasteiger partial charge in [0.25, 0.3) is 5.22 Å². The molecule has 2 N–H and O–H groups in total. The molecule has 1 heterocycles. The summed E-state index contributed by atoms with van der Waals surface area (Å²) in [6, 6.07) is 14.1. The predicted octanol–water partition coefficient (Wildman–Crippen LogP) is 3.48. The molecule has 3 aromatic rings.